The highest BCUT2D eigenvalue weighted by Crippen LogP contribution is 2.29. The number of nitrogens with zero attached hydrogens (tertiary/aromatic N) is 3. The summed E-state index contributed by atoms with van der Waals surface area (Å²) in [7, 11) is 0. The Balaban J connectivity index is 1.70. The molecule has 30 heavy (non-hydrogen) atoms. The van der Waals surface area contributed by atoms with Crippen molar-refractivity contribution in [3.63, 3.8) is 0 Å². The number of carbonyl (C=O) groups excluding carboxylic acids is 1. The van der Waals surface area contributed by atoms with Gasteiger partial charge in [-0.3, -0.25) is 14.9 Å². The van der Waals surface area contributed by atoms with Crippen molar-refractivity contribution in [2.24, 2.45) is 0 Å². The quantitative estimate of drug-likeness (QED) is 0.265. The molecule has 0 atom stereocenters. The molecular weight excluding hydrogens is 436 g/mol. The molecule has 3 rings (SSSR count). The van der Waals surface area contributed by atoms with Gasteiger partial charge in [0, 0.05) is 24.4 Å². The van der Waals surface area contributed by atoms with Gasteiger partial charge in [0.15, 0.2) is 35.7 Å². The number of hydrogen-bond donors (Lipinski definition) is 1. The van der Waals surface area contributed by atoms with E-state index in [1.807, 2.05) is 0 Å². The third-order valence-electron chi connectivity index (χ3n) is 3.70. The average Bonchev–Trinajstić information content (AvgIpc) is 3.17. The van der Waals surface area contributed by atoms with E-state index in [-0.39, 0.29) is 35.0 Å². The van der Waals surface area contributed by atoms with E-state index < -0.39 is 39.8 Å². The molecule has 0 fully saturated rings. The van der Waals surface area contributed by atoms with Crippen molar-refractivity contribution in [2.45, 2.75) is 6.73 Å². The smallest absolute Gasteiger partial charge is 0.276 e. The molecular formula is C17H9ClF4N4O4. The second-order valence-electron chi connectivity index (χ2n) is 5.68. The molecule has 156 valence electrons. The third-order valence-corrected chi connectivity index (χ3v) is 4.00. The van der Waals surface area contributed by atoms with Gasteiger partial charge < -0.3 is 10.1 Å². The standard InChI is InChI=1S/C17H9ClF4N4O4/c18-9-5-8(26(28)29)1-2-13(9)30-7-25-4-3-12(24-25)17(27)23-16-14(21)10(19)6-11(20)15(16)22/h1-6H,7H2,(H,23,27). The number of aromatic nitrogens is 2. The number of halogens is 5. The van der Waals surface area contributed by atoms with Gasteiger partial charge in [0.1, 0.15) is 11.4 Å². The summed E-state index contributed by atoms with van der Waals surface area (Å²) in [6.07, 6.45) is 1.27. The van der Waals surface area contributed by atoms with Crippen LogP contribution < -0.4 is 10.1 Å². The Kier molecular flexibility index (Phi) is 5.87. The molecule has 0 spiro atoms. The molecule has 0 aliphatic heterocycles. The summed E-state index contributed by atoms with van der Waals surface area (Å²) in [6, 6.07) is 4.68. The lowest BCUT2D eigenvalue weighted by atomic mass is 10.2. The number of benzene rings is 2. The lowest BCUT2D eigenvalue weighted by Crippen LogP contribution is -2.17. The van der Waals surface area contributed by atoms with Gasteiger partial charge in [-0.1, -0.05) is 11.6 Å². The number of nitro benzene ring substituents is 1. The first-order valence-electron chi connectivity index (χ1n) is 7.92. The molecule has 8 nitrogen and oxygen atoms in total. The number of ether oxygens (including phenoxy) is 1. The summed E-state index contributed by atoms with van der Waals surface area (Å²) in [5, 5.41) is 16.2. The Bertz CT molecular complexity index is 1130. The highest BCUT2D eigenvalue weighted by Gasteiger charge is 2.22. The van der Waals surface area contributed by atoms with E-state index in [4.69, 9.17) is 16.3 Å². The molecule has 1 heterocycles. The van der Waals surface area contributed by atoms with Crippen LogP contribution in [0.15, 0.2) is 36.5 Å². The number of hydrogen-bond acceptors (Lipinski definition) is 5. The maximum atomic E-state index is 13.7. The van der Waals surface area contributed by atoms with E-state index in [9.17, 15) is 32.5 Å². The first-order chi connectivity index (χ1) is 14.2. The average molecular weight is 445 g/mol. The number of anilines is 1. The summed E-state index contributed by atoms with van der Waals surface area (Å²) in [6.45, 7) is -0.276. The summed E-state index contributed by atoms with van der Waals surface area (Å²) in [5.74, 6) is -7.92. The second kappa shape index (κ2) is 8.37. The number of nitro groups is 1. The fourth-order valence-corrected chi connectivity index (χ4v) is 2.50. The fourth-order valence-electron chi connectivity index (χ4n) is 2.27. The lowest BCUT2D eigenvalue weighted by molar-refractivity contribution is -0.384. The van der Waals surface area contributed by atoms with Gasteiger partial charge >= 0.3 is 0 Å². The number of nitrogens with one attached hydrogen (secondary N) is 1. The minimum Gasteiger partial charge on any atom is -0.470 e. The van der Waals surface area contributed by atoms with E-state index in [2.05, 4.69) is 5.10 Å². The van der Waals surface area contributed by atoms with Crippen molar-refractivity contribution in [2.75, 3.05) is 5.32 Å². The molecule has 3 aromatic rings. The molecule has 0 aliphatic rings. The summed E-state index contributed by atoms with van der Waals surface area (Å²) < 4.78 is 60.2. The van der Waals surface area contributed by atoms with Crippen LogP contribution >= 0.6 is 11.6 Å². The Labute approximate surface area is 169 Å². The van der Waals surface area contributed by atoms with Gasteiger partial charge in [-0.15, -0.1) is 0 Å². The monoisotopic (exact) mass is 444 g/mol. The van der Waals surface area contributed by atoms with E-state index >= 15 is 0 Å². The highest BCUT2D eigenvalue weighted by molar-refractivity contribution is 6.32. The molecule has 2 aromatic carbocycles. The predicted molar refractivity (Wildman–Crippen MR) is 95.2 cm³/mol. The lowest BCUT2D eigenvalue weighted by Gasteiger charge is -2.08. The molecule has 0 saturated heterocycles. The largest absolute Gasteiger partial charge is 0.470 e. The van der Waals surface area contributed by atoms with E-state index in [1.165, 1.54) is 18.3 Å². The number of rotatable bonds is 6. The molecule has 0 aliphatic carbocycles. The van der Waals surface area contributed by atoms with Gasteiger partial charge in [0.05, 0.1) is 9.95 Å². The van der Waals surface area contributed by atoms with Crippen molar-refractivity contribution in [3.8, 4) is 5.75 Å². The number of carbonyl (C=O) groups is 1. The first-order valence-corrected chi connectivity index (χ1v) is 8.29. The van der Waals surface area contributed by atoms with E-state index in [1.54, 1.807) is 5.32 Å². The Morgan fingerprint density at radius 3 is 2.43 bits per heavy atom. The first kappa shape index (κ1) is 21.0. The Hall–Kier alpha value is -3.67. The van der Waals surface area contributed by atoms with Crippen LogP contribution in [0.25, 0.3) is 0 Å². The van der Waals surface area contributed by atoms with Gasteiger partial charge in [0.2, 0.25) is 0 Å². The van der Waals surface area contributed by atoms with Crippen molar-refractivity contribution in [1.29, 1.82) is 0 Å². The minimum atomic E-state index is -1.77. The summed E-state index contributed by atoms with van der Waals surface area (Å²) >= 11 is 5.89. The topological polar surface area (TPSA) is 99.3 Å². The van der Waals surface area contributed by atoms with Gasteiger partial charge in [0.25, 0.3) is 11.6 Å². The van der Waals surface area contributed by atoms with Crippen molar-refractivity contribution in [3.05, 3.63) is 80.6 Å². The van der Waals surface area contributed by atoms with Crippen LogP contribution in [0, 0.1) is 33.4 Å². The molecule has 1 N–H and O–H groups in total. The van der Waals surface area contributed by atoms with Crippen LogP contribution in [-0.4, -0.2) is 20.6 Å². The molecule has 0 saturated carbocycles. The van der Waals surface area contributed by atoms with Crippen LogP contribution in [0.4, 0.5) is 28.9 Å². The third kappa shape index (κ3) is 4.33. The molecule has 0 unspecified atom stereocenters. The van der Waals surface area contributed by atoms with E-state index in [0.717, 1.165) is 16.8 Å². The zero-order valence-corrected chi connectivity index (χ0v) is 15.3. The van der Waals surface area contributed by atoms with Crippen LogP contribution in [-0.2, 0) is 6.73 Å². The zero-order chi connectivity index (χ0) is 22.0. The molecule has 0 bridgehead atoms. The molecule has 13 heteroatoms. The summed E-state index contributed by atoms with van der Waals surface area (Å²) in [5.41, 5.74) is -1.86. The van der Waals surface area contributed by atoms with Crippen molar-refractivity contribution < 1.29 is 32.0 Å². The van der Waals surface area contributed by atoms with Crippen molar-refractivity contribution in [1.82, 2.24) is 9.78 Å². The molecule has 1 amide bonds. The minimum absolute atomic E-state index is 0.00964. The SMILES string of the molecule is O=C(Nc1c(F)c(F)cc(F)c1F)c1ccn(COc2ccc([N+](=O)[O-])cc2Cl)n1. The zero-order valence-electron chi connectivity index (χ0n) is 14.5. The number of non-ortho nitro benzene ring substituents is 1. The Morgan fingerprint density at radius 2 is 1.83 bits per heavy atom. The molecule has 1 aromatic heterocycles. The van der Waals surface area contributed by atoms with Crippen LogP contribution in [0.5, 0.6) is 5.75 Å². The van der Waals surface area contributed by atoms with Gasteiger partial charge in [-0.05, 0) is 12.1 Å². The van der Waals surface area contributed by atoms with Gasteiger partial charge in [-0.2, -0.15) is 5.10 Å². The maximum absolute atomic E-state index is 13.7. The normalized spacial score (nSPS) is 10.7. The Morgan fingerprint density at radius 1 is 1.17 bits per heavy atom. The predicted octanol–water partition coefficient (Wildman–Crippen LogP) is 4.29. The van der Waals surface area contributed by atoms with Crippen LogP contribution in [0.1, 0.15) is 10.5 Å². The van der Waals surface area contributed by atoms with Crippen molar-refractivity contribution >= 4 is 28.9 Å². The van der Waals surface area contributed by atoms with Gasteiger partial charge in [-0.25, -0.2) is 22.2 Å². The van der Waals surface area contributed by atoms with E-state index in [0.29, 0.717) is 0 Å². The summed E-state index contributed by atoms with van der Waals surface area (Å²) in [4.78, 5) is 22.1. The van der Waals surface area contributed by atoms with Crippen LogP contribution in [0.2, 0.25) is 5.02 Å². The number of amides is 1. The molecule has 0 radical (unpaired) electrons. The fraction of sp³-hybridized carbons (Fsp3) is 0.0588. The van der Waals surface area contributed by atoms with Crippen LogP contribution in [0.3, 0.4) is 0 Å². The highest BCUT2D eigenvalue weighted by atomic mass is 35.5. The second-order valence-corrected chi connectivity index (χ2v) is 6.09. The maximum Gasteiger partial charge on any atom is 0.276 e.